The Morgan fingerprint density at radius 2 is 2.07 bits per heavy atom. The quantitative estimate of drug-likeness (QED) is 0.616. The molecule has 1 N–H and O–H groups in total. The molecule has 1 rings (SSSR count). The highest BCUT2D eigenvalue weighted by molar-refractivity contribution is 6.33. The lowest BCUT2D eigenvalue weighted by atomic mass is 10.3. The lowest BCUT2D eigenvalue weighted by Crippen LogP contribution is -1.97. The smallest absolute Gasteiger partial charge is 0.237 e. The number of rotatable bonds is 2. The molecule has 6 heteroatoms. The van der Waals surface area contributed by atoms with Gasteiger partial charge in [0.15, 0.2) is 0 Å². The first-order valence-corrected chi connectivity index (χ1v) is 4.14. The number of nitrogens with zero attached hydrogens (tertiary/aromatic N) is 3. The molecule has 0 unspecified atom stereocenters. The van der Waals surface area contributed by atoms with Crippen LogP contribution >= 0.6 is 11.6 Å². The number of nitriles is 2. The van der Waals surface area contributed by atoms with E-state index in [1.54, 1.807) is 12.1 Å². The maximum atomic E-state index is 12.9. The van der Waals surface area contributed by atoms with Crippen LogP contribution in [0.1, 0.15) is 0 Å². The van der Waals surface area contributed by atoms with Gasteiger partial charge in [-0.2, -0.15) is 15.6 Å². The van der Waals surface area contributed by atoms with Crippen LogP contribution in [0.2, 0.25) is 5.02 Å². The fraction of sp³-hybridized carbons (Fsp3) is 0. The summed E-state index contributed by atoms with van der Waals surface area (Å²) in [5.74, 6) is -0.604. The Morgan fingerprint density at radius 1 is 1.40 bits per heavy atom. The van der Waals surface area contributed by atoms with Crippen molar-refractivity contribution < 1.29 is 4.39 Å². The number of nitrogens with one attached hydrogen (secondary N) is 1. The number of hydrogen-bond acceptors (Lipinski definition) is 4. The summed E-state index contributed by atoms with van der Waals surface area (Å²) >= 11 is 5.59. The molecule has 0 spiro atoms. The van der Waals surface area contributed by atoms with Gasteiger partial charge in [-0.15, -0.1) is 0 Å². The van der Waals surface area contributed by atoms with Crippen molar-refractivity contribution in [1.29, 1.82) is 10.5 Å². The first-order valence-electron chi connectivity index (χ1n) is 3.77. The third-order valence-corrected chi connectivity index (χ3v) is 1.84. The van der Waals surface area contributed by atoms with E-state index in [-0.39, 0.29) is 16.4 Å². The highest BCUT2D eigenvalue weighted by Gasteiger charge is 2.04. The van der Waals surface area contributed by atoms with E-state index in [4.69, 9.17) is 22.1 Å². The van der Waals surface area contributed by atoms with Gasteiger partial charge in [0, 0.05) is 0 Å². The zero-order valence-electron chi connectivity index (χ0n) is 7.33. The average molecular weight is 223 g/mol. The molecule has 74 valence electrons. The Hall–Kier alpha value is -2.11. The molecule has 0 aliphatic rings. The molecule has 0 fully saturated rings. The first kappa shape index (κ1) is 11.0. The minimum Gasteiger partial charge on any atom is -0.275 e. The van der Waals surface area contributed by atoms with Crippen LogP contribution in [0.25, 0.3) is 0 Å². The van der Waals surface area contributed by atoms with Crippen molar-refractivity contribution in [2.75, 3.05) is 5.43 Å². The molecule has 0 radical (unpaired) electrons. The summed E-state index contributed by atoms with van der Waals surface area (Å²) in [7, 11) is 0. The highest BCUT2D eigenvalue weighted by Crippen LogP contribution is 2.24. The van der Waals surface area contributed by atoms with Gasteiger partial charge in [-0.3, -0.25) is 5.43 Å². The maximum Gasteiger partial charge on any atom is 0.237 e. The van der Waals surface area contributed by atoms with Crippen LogP contribution in [0.5, 0.6) is 0 Å². The van der Waals surface area contributed by atoms with Crippen LogP contribution in [0.4, 0.5) is 10.1 Å². The molecule has 1 aromatic carbocycles. The molecular formula is C9H4ClFN4. The van der Waals surface area contributed by atoms with Gasteiger partial charge in [-0.25, -0.2) is 4.39 Å². The predicted octanol–water partition coefficient (Wildman–Crippen LogP) is 2.29. The van der Waals surface area contributed by atoms with Gasteiger partial charge in [-0.05, 0) is 12.1 Å². The van der Waals surface area contributed by atoms with E-state index >= 15 is 0 Å². The summed E-state index contributed by atoms with van der Waals surface area (Å²) in [5, 5.41) is 20.0. The van der Waals surface area contributed by atoms with Crippen molar-refractivity contribution in [3.63, 3.8) is 0 Å². The molecule has 0 aliphatic carbocycles. The second kappa shape index (κ2) is 4.94. The standard InChI is InChI=1S/C9H4ClFN4/c10-9-7(11)2-1-3-8(9)15-14-6(4-12)5-13/h1-3,15H. The SMILES string of the molecule is N#CC(C#N)=NNc1cccc(F)c1Cl. The van der Waals surface area contributed by atoms with Gasteiger partial charge in [-0.1, -0.05) is 17.7 Å². The summed E-state index contributed by atoms with van der Waals surface area (Å²) in [5.41, 5.74) is 2.16. The molecular weight excluding hydrogens is 219 g/mol. The van der Waals surface area contributed by atoms with Gasteiger partial charge in [0.1, 0.15) is 23.0 Å². The van der Waals surface area contributed by atoms with Crippen LogP contribution < -0.4 is 5.43 Å². The van der Waals surface area contributed by atoms with E-state index in [1.165, 1.54) is 18.2 Å². The Kier molecular flexibility index (Phi) is 3.61. The van der Waals surface area contributed by atoms with Crippen molar-refractivity contribution in [3.8, 4) is 12.1 Å². The fourth-order valence-corrected chi connectivity index (χ4v) is 0.950. The third-order valence-electron chi connectivity index (χ3n) is 1.45. The van der Waals surface area contributed by atoms with Gasteiger partial charge in [0.25, 0.3) is 0 Å². The lowest BCUT2D eigenvalue weighted by molar-refractivity contribution is 0.628. The Balaban J connectivity index is 2.93. The van der Waals surface area contributed by atoms with Gasteiger partial charge in [0.05, 0.1) is 5.69 Å². The molecule has 1 aromatic rings. The van der Waals surface area contributed by atoms with E-state index in [9.17, 15) is 4.39 Å². The second-order valence-electron chi connectivity index (χ2n) is 2.40. The molecule has 0 bridgehead atoms. The fourth-order valence-electron chi connectivity index (χ4n) is 0.781. The van der Waals surface area contributed by atoms with Crippen LogP contribution in [-0.2, 0) is 0 Å². The average Bonchev–Trinajstić information content (AvgIpc) is 2.25. The van der Waals surface area contributed by atoms with Crippen molar-refractivity contribution in [2.45, 2.75) is 0 Å². The molecule has 0 saturated heterocycles. The summed E-state index contributed by atoms with van der Waals surface area (Å²) in [6, 6.07) is 7.18. The molecule has 0 amide bonds. The molecule has 0 atom stereocenters. The van der Waals surface area contributed by atoms with E-state index in [2.05, 4.69) is 10.5 Å². The first-order chi connectivity index (χ1) is 7.19. The van der Waals surface area contributed by atoms with E-state index < -0.39 is 5.82 Å². The second-order valence-corrected chi connectivity index (χ2v) is 2.78. The van der Waals surface area contributed by atoms with Gasteiger partial charge in [0.2, 0.25) is 5.71 Å². The molecule has 0 saturated carbocycles. The maximum absolute atomic E-state index is 12.9. The number of anilines is 1. The van der Waals surface area contributed by atoms with Crippen molar-refractivity contribution in [1.82, 2.24) is 0 Å². The number of hydrazone groups is 1. The largest absolute Gasteiger partial charge is 0.275 e. The third kappa shape index (κ3) is 2.67. The number of halogens is 2. The van der Waals surface area contributed by atoms with Gasteiger partial charge >= 0.3 is 0 Å². The van der Waals surface area contributed by atoms with Crippen LogP contribution in [0.15, 0.2) is 23.3 Å². The Morgan fingerprint density at radius 3 is 2.67 bits per heavy atom. The minimum atomic E-state index is -0.604. The van der Waals surface area contributed by atoms with E-state index in [0.717, 1.165) is 0 Å². The molecule has 4 nitrogen and oxygen atoms in total. The number of benzene rings is 1. The van der Waals surface area contributed by atoms with Crippen molar-refractivity contribution in [3.05, 3.63) is 29.0 Å². The van der Waals surface area contributed by atoms with Crippen molar-refractivity contribution in [2.24, 2.45) is 5.10 Å². The minimum absolute atomic E-state index is 0.142. The van der Waals surface area contributed by atoms with Crippen LogP contribution in [0.3, 0.4) is 0 Å². The Bertz CT molecular complexity index is 468. The van der Waals surface area contributed by atoms with E-state index in [1.807, 2.05) is 0 Å². The topological polar surface area (TPSA) is 72.0 Å². The summed E-state index contributed by atoms with van der Waals surface area (Å²) in [6.45, 7) is 0. The summed E-state index contributed by atoms with van der Waals surface area (Å²) in [6.07, 6.45) is 0. The highest BCUT2D eigenvalue weighted by atomic mass is 35.5. The Labute approximate surface area is 90.2 Å². The van der Waals surface area contributed by atoms with Crippen LogP contribution in [-0.4, -0.2) is 5.71 Å². The lowest BCUT2D eigenvalue weighted by Gasteiger charge is -2.02. The molecule has 0 aliphatic heterocycles. The normalized spacial score (nSPS) is 8.53. The van der Waals surface area contributed by atoms with Crippen molar-refractivity contribution >= 4 is 23.0 Å². The molecule has 15 heavy (non-hydrogen) atoms. The van der Waals surface area contributed by atoms with Gasteiger partial charge < -0.3 is 0 Å². The number of hydrogen-bond donors (Lipinski definition) is 1. The van der Waals surface area contributed by atoms with Crippen LogP contribution in [0, 0.1) is 28.5 Å². The van der Waals surface area contributed by atoms with E-state index in [0.29, 0.717) is 0 Å². The predicted molar refractivity (Wildman–Crippen MR) is 53.7 cm³/mol. The zero-order valence-corrected chi connectivity index (χ0v) is 8.09. The molecule has 0 heterocycles. The monoisotopic (exact) mass is 222 g/mol. The zero-order chi connectivity index (χ0) is 11.3. The molecule has 0 aromatic heterocycles. The summed E-state index contributed by atoms with van der Waals surface area (Å²) in [4.78, 5) is 0. The summed E-state index contributed by atoms with van der Waals surface area (Å²) < 4.78 is 12.9.